The normalized spacial score (nSPS) is 12.2. The predicted molar refractivity (Wildman–Crippen MR) is 129 cm³/mol. The van der Waals surface area contributed by atoms with E-state index < -0.39 is 10.0 Å². The predicted octanol–water partition coefficient (Wildman–Crippen LogP) is 4.94. The van der Waals surface area contributed by atoms with Crippen LogP contribution in [0.2, 0.25) is 0 Å². The summed E-state index contributed by atoms with van der Waals surface area (Å²) < 4.78 is 28.1. The van der Waals surface area contributed by atoms with E-state index >= 15 is 0 Å². The third-order valence-electron chi connectivity index (χ3n) is 5.38. The molecule has 0 bridgehead atoms. The fourth-order valence-electron chi connectivity index (χ4n) is 3.67. The minimum Gasteiger partial charge on any atom is -0.348 e. The van der Waals surface area contributed by atoms with Crippen molar-refractivity contribution in [2.45, 2.75) is 45.1 Å². The third kappa shape index (κ3) is 5.56. The van der Waals surface area contributed by atoms with Gasteiger partial charge in [0.15, 0.2) is 0 Å². The van der Waals surface area contributed by atoms with E-state index in [1.807, 2.05) is 51.1 Å². The second-order valence-corrected chi connectivity index (χ2v) is 9.92. The van der Waals surface area contributed by atoms with Crippen LogP contribution < -0.4 is 9.62 Å². The molecule has 1 N–H and O–H groups in total. The van der Waals surface area contributed by atoms with Crippen LogP contribution in [0.5, 0.6) is 0 Å². The molecular formula is C26H30N2O3S. The fourth-order valence-corrected chi connectivity index (χ4v) is 5.10. The summed E-state index contributed by atoms with van der Waals surface area (Å²) in [5.74, 6) is -0.365. The summed E-state index contributed by atoms with van der Waals surface area (Å²) in [5.41, 5.74) is 4.53. The topological polar surface area (TPSA) is 66.5 Å². The smallest absolute Gasteiger partial charge is 0.264 e. The lowest BCUT2D eigenvalue weighted by molar-refractivity contribution is -0.120. The summed E-state index contributed by atoms with van der Waals surface area (Å²) in [7, 11) is -3.92. The molecule has 1 atom stereocenters. The first-order valence-electron chi connectivity index (χ1n) is 10.7. The summed E-state index contributed by atoms with van der Waals surface area (Å²) in [6.45, 7) is 7.50. The van der Waals surface area contributed by atoms with Gasteiger partial charge in [-0.05, 0) is 73.7 Å². The monoisotopic (exact) mass is 450 g/mol. The molecule has 0 saturated carbocycles. The second kappa shape index (κ2) is 10.0. The molecule has 0 aromatic heterocycles. The van der Waals surface area contributed by atoms with Crippen LogP contribution in [0.1, 0.15) is 42.1 Å². The molecular weight excluding hydrogens is 420 g/mol. The van der Waals surface area contributed by atoms with Gasteiger partial charge >= 0.3 is 0 Å². The van der Waals surface area contributed by atoms with E-state index in [1.54, 1.807) is 42.5 Å². The van der Waals surface area contributed by atoms with Gasteiger partial charge in [0, 0.05) is 0 Å². The lowest BCUT2D eigenvalue weighted by Crippen LogP contribution is -2.41. The number of rotatable bonds is 8. The molecule has 0 saturated heterocycles. The van der Waals surface area contributed by atoms with Gasteiger partial charge in [-0.3, -0.25) is 9.10 Å². The number of benzene rings is 3. The number of anilines is 1. The van der Waals surface area contributed by atoms with Gasteiger partial charge in [-0.1, -0.05) is 55.5 Å². The average Bonchev–Trinajstić information content (AvgIpc) is 2.77. The van der Waals surface area contributed by atoms with Crippen molar-refractivity contribution in [1.82, 2.24) is 5.32 Å². The Morgan fingerprint density at radius 2 is 1.53 bits per heavy atom. The molecule has 3 aromatic carbocycles. The Morgan fingerprint density at radius 3 is 2.09 bits per heavy atom. The molecule has 168 valence electrons. The second-order valence-electron chi connectivity index (χ2n) is 8.05. The molecule has 5 nitrogen and oxygen atoms in total. The van der Waals surface area contributed by atoms with Crippen LogP contribution in [0, 0.1) is 13.8 Å². The van der Waals surface area contributed by atoms with Crippen molar-refractivity contribution < 1.29 is 13.2 Å². The summed E-state index contributed by atoms with van der Waals surface area (Å²) in [6.07, 6.45) is 0.948. The van der Waals surface area contributed by atoms with Gasteiger partial charge in [0.1, 0.15) is 6.54 Å². The van der Waals surface area contributed by atoms with Gasteiger partial charge in [0.05, 0.1) is 16.6 Å². The van der Waals surface area contributed by atoms with Crippen LogP contribution in [0.15, 0.2) is 77.7 Å². The molecule has 0 aliphatic carbocycles. The highest BCUT2D eigenvalue weighted by atomic mass is 32.2. The van der Waals surface area contributed by atoms with Gasteiger partial charge in [0.25, 0.3) is 10.0 Å². The maximum Gasteiger partial charge on any atom is 0.264 e. The van der Waals surface area contributed by atoms with Gasteiger partial charge in [-0.25, -0.2) is 8.42 Å². The number of hydrogen-bond donors (Lipinski definition) is 1. The zero-order chi connectivity index (χ0) is 23.3. The molecule has 0 aliphatic rings. The summed E-state index contributed by atoms with van der Waals surface area (Å²) in [6, 6.07) is 21.6. The summed E-state index contributed by atoms with van der Waals surface area (Å²) >= 11 is 0. The van der Waals surface area contributed by atoms with E-state index in [9.17, 15) is 13.2 Å². The molecule has 3 rings (SSSR count). The minimum absolute atomic E-state index is 0.148. The minimum atomic E-state index is -3.92. The standard InChI is InChI=1S/C26H30N2O3S/c1-5-22-11-13-23(14-12-22)21(4)27-26(29)18-28(24-16-19(2)15-20(3)17-24)32(30,31)25-9-7-6-8-10-25/h6-17,21H,5,18H2,1-4H3,(H,27,29). The molecule has 32 heavy (non-hydrogen) atoms. The highest BCUT2D eigenvalue weighted by Crippen LogP contribution is 2.26. The molecule has 0 radical (unpaired) electrons. The SMILES string of the molecule is CCc1ccc(C(C)NC(=O)CN(c2cc(C)cc(C)c2)S(=O)(=O)c2ccccc2)cc1. The van der Waals surface area contributed by atoms with Crippen molar-refractivity contribution in [3.05, 3.63) is 95.1 Å². The van der Waals surface area contributed by atoms with Crippen LogP contribution in [-0.2, 0) is 21.2 Å². The van der Waals surface area contributed by atoms with Crippen molar-refractivity contribution in [3.63, 3.8) is 0 Å². The van der Waals surface area contributed by atoms with Crippen LogP contribution in [-0.4, -0.2) is 20.9 Å². The van der Waals surface area contributed by atoms with Crippen molar-refractivity contribution in [2.24, 2.45) is 0 Å². The average molecular weight is 451 g/mol. The Morgan fingerprint density at radius 1 is 0.938 bits per heavy atom. The van der Waals surface area contributed by atoms with Crippen molar-refractivity contribution in [2.75, 3.05) is 10.8 Å². The van der Waals surface area contributed by atoms with Gasteiger partial charge < -0.3 is 5.32 Å². The number of amides is 1. The van der Waals surface area contributed by atoms with E-state index in [0.717, 1.165) is 23.1 Å². The Balaban J connectivity index is 1.89. The molecule has 1 unspecified atom stereocenters. The van der Waals surface area contributed by atoms with Gasteiger partial charge in [-0.2, -0.15) is 0 Å². The highest BCUT2D eigenvalue weighted by Gasteiger charge is 2.28. The van der Waals surface area contributed by atoms with E-state index in [4.69, 9.17) is 0 Å². The zero-order valence-corrected chi connectivity index (χ0v) is 19.8. The maximum atomic E-state index is 13.5. The largest absolute Gasteiger partial charge is 0.348 e. The number of nitrogens with zero attached hydrogens (tertiary/aromatic N) is 1. The van der Waals surface area contributed by atoms with Gasteiger partial charge in [-0.15, -0.1) is 0 Å². The lowest BCUT2D eigenvalue weighted by Gasteiger charge is -2.26. The first-order valence-corrected chi connectivity index (χ1v) is 12.2. The quantitative estimate of drug-likeness (QED) is 0.529. The van der Waals surface area contributed by atoms with Gasteiger partial charge in [0.2, 0.25) is 5.91 Å². The van der Waals surface area contributed by atoms with Crippen LogP contribution >= 0.6 is 0 Å². The Bertz CT molecular complexity index is 1150. The number of sulfonamides is 1. The molecule has 0 heterocycles. The summed E-state index contributed by atoms with van der Waals surface area (Å²) in [4.78, 5) is 13.1. The van der Waals surface area contributed by atoms with Crippen molar-refractivity contribution >= 4 is 21.6 Å². The Hall–Kier alpha value is -3.12. The molecule has 0 fully saturated rings. The van der Waals surface area contributed by atoms with Crippen molar-refractivity contribution in [3.8, 4) is 0 Å². The molecule has 6 heteroatoms. The Kier molecular flexibility index (Phi) is 7.36. The number of carbonyl (C=O) groups is 1. The first kappa shape index (κ1) is 23.5. The third-order valence-corrected chi connectivity index (χ3v) is 7.17. The molecule has 0 spiro atoms. The molecule has 0 aliphatic heterocycles. The van der Waals surface area contributed by atoms with Crippen LogP contribution in [0.4, 0.5) is 5.69 Å². The number of aryl methyl sites for hydroxylation is 3. The van der Waals surface area contributed by atoms with Crippen LogP contribution in [0.3, 0.4) is 0 Å². The van der Waals surface area contributed by atoms with E-state index in [-0.39, 0.29) is 23.4 Å². The molecule has 1 amide bonds. The van der Waals surface area contributed by atoms with Crippen molar-refractivity contribution in [1.29, 1.82) is 0 Å². The highest BCUT2D eigenvalue weighted by molar-refractivity contribution is 7.92. The number of nitrogens with one attached hydrogen (secondary N) is 1. The first-order chi connectivity index (χ1) is 15.2. The number of hydrogen-bond acceptors (Lipinski definition) is 3. The number of carbonyl (C=O) groups excluding carboxylic acids is 1. The van der Waals surface area contributed by atoms with E-state index in [0.29, 0.717) is 5.69 Å². The molecule has 3 aromatic rings. The van der Waals surface area contributed by atoms with E-state index in [2.05, 4.69) is 12.2 Å². The maximum absolute atomic E-state index is 13.5. The lowest BCUT2D eigenvalue weighted by atomic mass is 10.1. The van der Waals surface area contributed by atoms with E-state index in [1.165, 1.54) is 9.87 Å². The Labute approximate surface area is 191 Å². The fraction of sp³-hybridized carbons (Fsp3) is 0.269. The summed E-state index contributed by atoms with van der Waals surface area (Å²) in [5, 5.41) is 2.94. The zero-order valence-electron chi connectivity index (χ0n) is 19.0. The van der Waals surface area contributed by atoms with Crippen LogP contribution in [0.25, 0.3) is 0 Å².